The molecule has 0 aliphatic heterocycles. The first-order valence-corrected chi connectivity index (χ1v) is 8.06. The minimum Gasteiger partial charge on any atom is -0.338 e. The molecule has 0 aliphatic rings. The van der Waals surface area contributed by atoms with Crippen LogP contribution in [0.25, 0.3) is 0 Å². The highest BCUT2D eigenvalue weighted by atomic mass is 35.5. The number of nitrogens with zero attached hydrogens (tertiary/aromatic N) is 2. The number of carbonyl (C=O) groups is 1. The number of aromatic nitrogens is 2. The summed E-state index contributed by atoms with van der Waals surface area (Å²) in [5, 5.41) is 13.0. The second-order valence-electron chi connectivity index (χ2n) is 5.57. The zero-order valence-electron chi connectivity index (χ0n) is 13.6. The molecule has 0 bridgehead atoms. The van der Waals surface area contributed by atoms with Crippen molar-refractivity contribution in [2.45, 2.75) is 6.42 Å². The molecule has 1 aromatic heterocycles. The minimum atomic E-state index is -0.744. The number of anilines is 3. The van der Waals surface area contributed by atoms with Crippen molar-refractivity contribution in [2.24, 2.45) is 0 Å². The molecule has 0 atom stereocenters. The monoisotopic (exact) mass is 392 g/mol. The smallest absolute Gasteiger partial charge is 0.228 e. The van der Waals surface area contributed by atoms with E-state index in [9.17, 15) is 18.0 Å². The third kappa shape index (κ3) is 5.18. The number of nitrogens with one attached hydrogen (secondary N) is 2. The van der Waals surface area contributed by atoms with Crippen molar-refractivity contribution in [1.29, 1.82) is 0 Å². The van der Waals surface area contributed by atoms with Crippen LogP contribution in [-0.4, -0.2) is 16.1 Å². The van der Waals surface area contributed by atoms with Crippen molar-refractivity contribution in [3.8, 4) is 0 Å². The highest BCUT2D eigenvalue weighted by Gasteiger charge is 2.10. The first-order chi connectivity index (χ1) is 12.9. The molecule has 3 rings (SSSR count). The number of halogens is 4. The quantitative estimate of drug-likeness (QED) is 0.672. The van der Waals surface area contributed by atoms with Crippen molar-refractivity contribution >= 4 is 34.7 Å². The third-order valence-corrected chi connectivity index (χ3v) is 3.79. The van der Waals surface area contributed by atoms with Crippen LogP contribution in [0.5, 0.6) is 0 Å². The zero-order chi connectivity index (χ0) is 19.4. The van der Waals surface area contributed by atoms with Gasteiger partial charge in [-0.15, -0.1) is 5.10 Å². The van der Waals surface area contributed by atoms with Crippen molar-refractivity contribution < 1.29 is 18.0 Å². The van der Waals surface area contributed by atoms with Crippen molar-refractivity contribution in [3.63, 3.8) is 0 Å². The van der Waals surface area contributed by atoms with Crippen LogP contribution in [0.2, 0.25) is 5.02 Å². The highest BCUT2D eigenvalue weighted by molar-refractivity contribution is 6.31. The van der Waals surface area contributed by atoms with Gasteiger partial charge in [0.15, 0.2) is 5.82 Å². The van der Waals surface area contributed by atoms with E-state index in [1.165, 1.54) is 24.4 Å². The number of rotatable bonds is 5. The van der Waals surface area contributed by atoms with E-state index in [1.807, 2.05) is 0 Å². The Hall–Kier alpha value is -3.13. The molecular formula is C18H12ClF3N4O. The van der Waals surface area contributed by atoms with Gasteiger partial charge in [0, 0.05) is 22.8 Å². The summed E-state index contributed by atoms with van der Waals surface area (Å²) in [6, 6.07) is 8.13. The molecule has 0 aliphatic carbocycles. The zero-order valence-corrected chi connectivity index (χ0v) is 14.4. The summed E-state index contributed by atoms with van der Waals surface area (Å²) in [6.45, 7) is 0. The normalized spacial score (nSPS) is 10.5. The van der Waals surface area contributed by atoms with E-state index in [-0.39, 0.29) is 22.9 Å². The first-order valence-electron chi connectivity index (χ1n) is 7.69. The molecule has 0 spiro atoms. The summed E-state index contributed by atoms with van der Waals surface area (Å²) in [5.74, 6) is -2.21. The molecule has 0 fully saturated rings. The third-order valence-electron chi connectivity index (χ3n) is 3.44. The largest absolute Gasteiger partial charge is 0.338 e. The molecule has 138 valence electrons. The molecule has 2 aromatic carbocycles. The molecule has 5 nitrogen and oxygen atoms in total. The van der Waals surface area contributed by atoms with E-state index in [0.717, 1.165) is 24.3 Å². The summed E-state index contributed by atoms with van der Waals surface area (Å²) >= 11 is 5.90. The van der Waals surface area contributed by atoms with Gasteiger partial charge in [-0.3, -0.25) is 4.79 Å². The van der Waals surface area contributed by atoms with Crippen LogP contribution in [0, 0.1) is 17.5 Å². The second-order valence-corrected chi connectivity index (χ2v) is 5.98. The van der Waals surface area contributed by atoms with E-state index >= 15 is 0 Å². The molecule has 27 heavy (non-hydrogen) atoms. The molecule has 9 heteroatoms. The van der Waals surface area contributed by atoms with Gasteiger partial charge in [0.1, 0.15) is 17.5 Å². The Bertz CT molecular complexity index is 980. The van der Waals surface area contributed by atoms with Gasteiger partial charge in [0.05, 0.1) is 18.3 Å². The number of carbonyl (C=O) groups excluding carboxylic acids is 1. The second kappa shape index (κ2) is 8.05. The number of amides is 1. The fourth-order valence-corrected chi connectivity index (χ4v) is 2.55. The van der Waals surface area contributed by atoms with E-state index in [4.69, 9.17) is 11.6 Å². The molecule has 3 aromatic rings. The fraction of sp³-hybridized carbons (Fsp3) is 0.0556. The molecule has 0 saturated carbocycles. The predicted octanol–water partition coefficient (Wildman–Crippen LogP) is 4.47. The van der Waals surface area contributed by atoms with Crippen LogP contribution < -0.4 is 10.6 Å². The van der Waals surface area contributed by atoms with Crippen LogP contribution in [0.15, 0.2) is 48.7 Å². The van der Waals surface area contributed by atoms with Gasteiger partial charge >= 0.3 is 0 Å². The molecule has 1 heterocycles. The standard InChI is InChI=1S/C18H12ClF3N4O/c19-16-7-11(20)2-1-10(16)3-18(27)25-15-8-17(26-23-9-15)24-14-5-12(21)4-13(22)6-14/h1-2,4-9H,3H2,(H2,24,25,26,27). The summed E-state index contributed by atoms with van der Waals surface area (Å²) in [6.07, 6.45) is 1.24. The maximum atomic E-state index is 13.2. The first kappa shape index (κ1) is 18.7. The molecule has 0 unspecified atom stereocenters. The SMILES string of the molecule is O=C(Cc1ccc(F)cc1Cl)Nc1cnnc(Nc2cc(F)cc(F)c2)c1. The summed E-state index contributed by atoms with van der Waals surface area (Å²) in [5.41, 5.74) is 0.919. The lowest BCUT2D eigenvalue weighted by Gasteiger charge is -2.09. The van der Waals surface area contributed by atoms with E-state index in [2.05, 4.69) is 20.8 Å². The van der Waals surface area contributed by atoms with Gasteiger partial charge in [0.25, 0.3) is 0 Å². The molecule has 0 radical (unpaired) electrons. The van der Waals surface area contributed by atoms with Crippen LogP contribution in [-0.2, 0) is 11.2 Å². The Morgan fingerprint density at radius 2 is 1.70 bits per heavy atom. The lowest BCUT2D eigenvalue weighted by Crippen LogP contribution is -2.15. The minimum absolute atomic E-state index is 0.0701. The van der Waals surface area contributed by atoms with Gasteiger partial charge in [-0.05, 0) is 29.8 Å². The van der Waals surface area contributed by atoms with Crippen LogP contribution in [0.1, 0.15) is 5.56 Å². The Labute approximate surface area is 157 Å². The van der Waals surface area contributed by atoms with Crippen LogP contribution in [0.3, 0.4) is 0 Å². The van der Waals surface area contributed by atoms with E-state index < -0.39 is 23.4 Å². The molecule has 2 N–H and O–H groups in total. The van der Waals surface area contributed by atoms with Crippen molar-refractivity contribution in [1.82, 2.24) is 10.2 Å². The fourth-order valence-electron chi connectivity index (χ4n) is 2.31. The summed E-state index contributed by atoms with van der Waals surface area (Å²) in [7, 11) is 0. The Morgan fingerprint density at radius 1 is 0.963 bits per heavy atom. The summed E-state index contributed by atoms with van der Waals surface area (Å²) < 4.78 is 39.5. The highest BCUT2D eigenvalue weighted by Crippen LogP contribution is 2.20. The predicted molar refractivity (Wildman–Crippen MR) is 95.4 cm³/mol. The molecule has 0 saturated heterocycles. The summed E-state index contributed by atoms with van der Waals surface area (Å²) in [4.78, 5) is 12.1. The topological polar surface area (TPSA) is 66.9 Å². The van der Waals surface area contributed by atoms with Gasteiger partial charge in [-0.25, -0.2) is 13.2 Å². The average Bonchev–Trinajstić information content (AvgIpc) is 2.57. The van der Waals surface area contributed by atoms with Crippen LogP contribution in [0.4, 0.5) is 30.4 Å². The Morgan fingerprint density at radius 3 is 2.41 bits per heavy atom. The van der Waals surface area contributed by atoms with E-state index in [1.54, 1.807) is 0 Å². The maximum absolute atomic E-state index is 13.2. The Kier molecular flexibility index (Phi) is 5.56. The number of hydrogen-bond donors (Lipinski definition) is 2. The lowest BCUT2D eigenvalue weighted by molar-refractivity contribution is -0.115. The van der Waals surface area contributed by atoms with Crippen molar-refractivity contribution in [2.75, 3.05) is 10.6 Å². The van der Waals surface area contributed by atoms with E-state index in [0.29, 0.717) is 11.3 Å². The molecule has 1 amide bonds. The van der Waals surface area contributed by atoms with Gasteiger partial charge in [-0.1, -0.05) is 17.7 Å². The Balaban J connectivity index is 1.68. The van der Waals surface area contributed by atoms with Gasteiger partial charge in [0.2, 0.25) is 5.91 Å². The molecular weight excluding hydrogens is 381 g/mol. The van der Waals surface area contributed by atoms with Crippen molar-refractivity contribution in [3.05, 3.63) is 76.7 Å². The lowest BCUT2D eigenvalue weighted by atomic mass is 10.1. The number of hydrogen-bond acceptors (Lipinski definition) is 4. The average molecular weight is 393 g/mol. The number of benzene rings is 2. The van der Waals surface area contributed by atoms with Gasteiger partial charge < -0.3 is 10.6 Å². The van der Waals surface area contributed by atoms with Gasteiger partial charge in [-0.2, -0.15) is 5.10 Å². The maximum Gasteiger partial charge on any atom is 0.228 e. The van der Waals surface area contributed by atoms with Crippen LogP contribution >= 0.6 is 11.6 Å².